The third kappa shape index (κ3) is 5.29. The fourth-order valence-corrected chi connectivity index (χ4v) is 2.70. The van der Waals surface area contributed by atoms with E-state index in [4.69, 9.17) is 4.74 Å². The van der Waals surface area contributed by atoms with Crippen molar-refractivity contribution in [2.45, 2.75) is 45.4 Å². The molecule has 1 saturated carbocycles. The molecular formula is C17H26N2O2. The summed E-state index contributed by atoms with van der Waals surface area (Å²) in [6, 6.07) is 7.41. The van der Waals surface area contributed by atoms with Crippen LogP contribution in [0.4, 0.5) is 10.5 Å². The molecule has 116 valence electrons. The SMILES string of the molecule is CCCOc1ccccc1NC(=O)NCC1CCCCC1. The molecule has 0 bridgehead atoms. The largest absolute Gasteiger partial charge is 0.491 e. The quantitative estimate of drug-likeness (QED) is 0.826. The molecule has 0 saturated heterocycles. The lowest BCUT2D eigenvalue weighted by atomic mass is 9.89. The maximum atomic E-state index is 12.0. The van der Waals surface area contributed by atoms with Gasteiger partial charge in [-0.3, -0.25) is 0 Å². The number of nitrogens with one attached hydrogen (secondary N) is 2. The average Bonchev–Trinajstić information content (AvgIpc) is 2.53. The summed E-state index contributed by atoms with van der Waals surface area (Å²) < 4.78 is 5.64. The van der Waals surface area contributed by atoms with Gasteiger partial charge in [0.15, 0.2) is 0 Å². The fourth-order valence-electron chi connectivity index (χ4n) is 2.70. The molecule has 4 heteroatoms. The zero-order chi connectivity index (χ0) is 14.9. The van der Waals surface area contributed by atoms with Gasteiger partial charge in [0.1, 0.15) is 5.75 Å². The van der Waals surface area contributed by atoms with E-state index < -0.39 is 0 Å². The summed E-state index contributed by atoms with van der Waals surface area (Å²) in [4.78, 5) is 12.0. The van der Waals surface area contributed by atoms with Crippen LogP contribution >= 0.6 is 0 Å². The minimum Gasteiger partial charge on any atom is -0.491 e. The highest BCUT2D eigenvalue weighted by atomic mass is 16.5. The first kappa shape index (κ1) is 15.7. The van der Waals surface area contributed by atoms with Crippen molar-refractivity contribution < 1.29 is 9.53 Å². The van der Waals surface area contributed by atoms with Gasteiger partial charge in [-0.25, -0.2) is 4.79 Å². The molecule has 2 N–H and O–H groups in total. The van der Waals surface area contributed by atoms with Gasteiger partial charge in [0.25, 0.3) is 0 Å². The van der Waals surface area contributed by atoms with Crippen molar-refractivity contribution in [3.05, 3.63) is 24.3 Å². The van der Waals surface area contributed by atoms with Gasteiger partial charge in [0.05, 0.1) is 12.3 Å². The topological polar surface area (TPSA) is 50.4 Å². The predicted octanol–water partition coefficient (Wildman–Crippen LogP) is 4.18. The lowest BCUT2D eigenvalue weighted by molar-refractivity contribution is 0.247. The minimum absolute atomic E-state index is 0.145. The Morgan fingerprint density at radius 2 is 2.00 bits per heavy atom. The number of carbonyl (C=O) groups excluding carboxylic acids is 1. The predicted molar refractivity (Wildman–Crippen MR) is 85.8 cm³/mol. The van der Waals surface area contributed by atoms with E-state index in [9.17, 15) is 4.79 Å². The van der Waals surface area contributed by atoms with Crippen molar-refractivity contribution in [1.29, 1.82) is 0 Å². The smallest absolute Gasteiger partial charge is 0.319 e. The molecule has 0 atom stereocenters. The summed E-state index contributed by atoms with van der Waals surface area (Å²) in [6.45, 7) is 3.49. The van der Waals surface area contributed by atoms with Gasteiger partial charge < -0.3 is 15.4 Å². The molecule has 0 spiro atoms. The van der Waals surface area contributed by atoms with Gasteiger partial charge in [0.2, 0.25) is 0 Å². The van der Waals surface area contributed by atoms with E-state index in [1.165, 1.54) is 32.1 Å². The third-order valence-corrected chi connectivity index (χ3v) is 3.87. The zero-order valence-corrected chi connectivity index (χ0v) is 12.9. The van der Waals surface area contributed by atoms with Crippen LogP contribution in [0.1, 0.15) is 45.4 Å². The molecule has 0 heterocycles. The first-order valence-electron chi connectivity index (χ1n) is 8.06. The Labute approximate surface area is 127 Å². The van der Waals surface area contributed by atoms with Crippen LogP contribution in [0.3, 0.4) is 0 Å². The zero-order valence-electron chi connectivity index (χ0n) is 12.9. The number of anilines is 1. The molecule has 0 aliphatic heterocycles. The normalized spacial score (nSPS) is 15.5. The van der Waals surface area contributed by atoms with Crippen LogP contribution in [0.25, 0.3) is 0 Å². The molecule has 2 rings (SSSR count). The molecule has 0 aromatic heterocycles. The van der Waals surface area contributed by atoms with Gasteiger partial charge >= 0.3 is 6.03 Å². The monoisotopic (exact) mass is 290 g/mol. The highest BCUT2D eigenvalue weighted by molar-refractivity contribution is 5.90. The summed E-state index contributed by atoms with van der Waals surface area (Å²) >= 11 is 0. The number of hydrogen-bond donors (Lipinski definition) is 2. The van der Waals surface area contributed by atoms with Crippen molar-refractivity contribution in [1.82, 2.24) is 5.32 Å². The maximum Gasteiger partial charge on any atom is 0.319 e. The molecule has 1 aliphatic carbocycles. The van der Waals surface area contributed by atoms with Crippen molar-refractivity contribution >= 4 is 11.7 Å². The maximum absolute atomic E-state index is 12.0. The van der Waals surface area contributed by atoms with E-state index in [0.717, 1.165) is 24.4 Å². The van der Waals surface area contributed by atoms with Crippen LogP contribution in [-0.2, 0) is 0 Å². The molecular weight excluding hydrogens is 264 g/mol. The van der Waals surface area contributed by atoms with Gasteiger partial charge in [-0.05, 0) is 37.3 Å². The molecule has 21 heavy (non-hydrogen) atoms. The molecule has 4 nitrogen and oxygen atoms in total. The second-order valence-electron chi connectivity index (χ2n) is 5.68. The summed E-state index contributed by atoms with van der Waals surface area (Å²) in [5.41, 5.74) is 0.729. The van der Waals surface area contributed by atoms with Crippen molar-refractivity contribution in [3.63, 3.8) is 0 Å². The summed E-state index contributed by atoms with van der Waals surface area (Å²) in [5.74, 6) is 1.36. The second-order valence-corrected chi connectivity index (χ2v) is 5.68. The van der Waals surface area contributed by atoms with Crippen LogP contribution in [0.2, 0.25) is 0 Å². The highest BCUT2D eigenvalue weighted by Gasteiger charge is 2.14. The van der Waals surface area contributed by atoms with Crippen molar-refractivity contribution in [3.8, 4) is 5.75 Å². The van der Waals surface area contributed by atoms with Crippen molar-refractivity contribution in [2.75, 3.05) is 18.5 Å². The van der Waals surface area contributed by atoms with Gasteiger partial charge in [-0.2, -0.15) is 0 Å². The standard InChI is InChI=1S/C17H26N2O2/c1-2-12-21-16-11-7-6-10-15(16)19-17(20)18-13-14-8-4-3-5-9-14/h6-7,10-11,14H,2-5,8-9,12-13H2,1H3,(H2,18,19,20). The Morgan fingerprint density at radius 3 is 2.76 bits per heavy atom. The van der Waals surface area contributed by atoms with Crippen molar-refractivity contribution in [2.24, 2.45) is 5.92 Å². The Balaban J connectivity index is 1.81. The van der Waals surface area contributed by atoms with Crippen LogP contribution in [0.5, 0.6) is 5.75 Å². The van der Waals surface area contributed by atoms with Crippen LogP contribution in [0.15, 0.2) is 24.3 Å². The van der Waals surface area contributed by atoms with E-state index in [2.05, 4.69) is 17.6 Å². The number of hydrogen-bond acceptors (Lipinski definition) is 2. The molecule has 1 aromatic carbocycles. The first-order valence-corrected chi connectivity index (χ1v) is 8.06. The Hall–Kier alpha value is -1.71. The minimum atomic E-state index is -0.145. The first-order chi connectivity index (χ1) is 10.3. The number of carbonyl (C=O) groups is 1. The Kier molecular flexibility index (Phi) is 6.38. The number of rotatable bonds is 6. The van der Waals surface area contributed by atoms with Gasteiger partial charge in [-0.15, -0.1) is 0 Å². The lowest BCUT2D eigenvalue weighted by Crippen LogP contribution is -2.33. The molecule has 2 amide bonds. The number of benzene rings is 1. The van der Waals surface area contributed by atoms with E-state index in [0.29, 0.717) is 12.5 Å². The second kappa shape index (κ2) is 8.55. The van der Waals surface area contributed by atoms with Crippen LogP contribution in [-0.4, -0.2) is 19.2 Å². The summed E-state index contributed by atoms with van der Waals surface area (Å²) in [5, 5.41) is 5.86. The van der Waals surface area contributed by atoms with E-state index in [1.54, 1.807) is 0 Å². The Morgan fingerprint density at radius 1 is 1.24 bits per heavy atom. The van der Waals surface area contributed by atoms with Crippen LogP contribution < -0.4 is 15.4 Å². The van der Waals surface area contributed by atoms with E-state index >= 15 is 0 Å². The van der Waals surface area contributed by atoms with Gasteiger partial charge in [-0.1, -0.05) is 38.3 Å². The fraction of sp³-hybridized carbons (Fsp3) is 0.588. The number of para-hydroxylation sites is 2. The summed E-state index contributed by atoms with van der Waals surface area (Å²) in [6.07, 6.45) is 7.34. The number of urea groups is 1. The molecule has 0 unspecified atom stereocenters. The Bertz CT molecular complexity index is 442. The number of amides is 2. The van der Waals surface area contributed by atoms with E-state index in [-0.39, 0.29) is 6.03 Å². The highest BCUT2D eigenvalue weighted by Crippen LogP contribution is 2.24. The molecule has 0 radical (unpaired) electrons. The van der Waals surface area contributed by atoms with E-state index in [1.807, 2.05) is 24.3 Å². The average molecular weight is 290 g/mol. The van der Waals surface area contributed by atoms with Gasteiger partial charge in [0, 0.05) is 6.54 Å². The molecule has 1 aliphatic rings. The summed E-state index contributed by atoms with van der Waals surface area (Å²) in [7, 11) is 0. The number of ether oxygens (including phenoxy) is 1. The van der Waals surface area contributed by atoms with Crippen LogP contribution in [0, 0.1) is 5.92 Å². The third-order valence-electron chi connectivity index (χ3n) is 3.87. The lowest BCUT2D eigenvalue weighted by Gasteiger charge is -2.22. The molecule has 1 aromatic rings. The molecule has 1 fully saturated rings.